The first-order valence-corrected chi connectivity index (χ1v) is 8.52. The van der Waals surface area contributed by atoms with Gasteiger partial charge in [0.1, 0.15) is 0 Å². The molecule has 0 fully saturated rings. The molecule has 0 atom stereocenters. The molecule has 1 heteroatoms. The third-order valence-electron chi connectivity index (χ3n) is 3.91. The molecule has 0 radical (unpaired) electrons. The molecule has 3 rings (SSSR count). The van der Waals surface area contributed by atoms with Crippen LogP contribution in [0.1, 0.15) is 27.8 Å². The molecule has 0 saturated heterocycles. The quantitative estimate of drug-likeness (QED) is 0.457. The van der Waals surface area contributed by atoms with E-state index in [9.17, 15) is 0 Å². The Morgan fingerprint density at radius 1 is 0.652 bits per heavy atom. The number of rotatable bonds is 3. The van der Waals surface area contributed by atoms with Crippen LogP contribution in [0.3, 0.4) is 0 Å². The van der Waals surface area contributed by atoms with E-state index >= 15 is 0 Å². The number of hydrogen-bond acceptors (Lipinski definition) is 0. The zero-order chi connectivity index (χ0) is 16.2. The highest BCUT2D eigenvalue weighted by Gasteiger charge is 2.05. The van der Waals surface area contributed by atoms with Crippen LogP contribution in [0.5, 0.6) is 0 Å². The highest BCUT2D eigenvalue weighted by Crippen LogP contribution is 2.27. The summed E-state index contributed by atoms with van der Waals surface area (Å²) >= 11 is 3.52. The summed E-state index contributed by atoms with van der Waals surface area (Å²) in [6.07, 6.45) is 2.26. The average molecular weight is 363 g/mol. The molecule has 0 unspecified atom stereocenters. The normalized spacial score (nSPS) is 11.5. The highest BCUT2D eigenvalue weighted by molar-refractivity contribution is 9.10. The van der Waals surface area contributed by atoms with Crippen molar-refractivity contribution in [2.75, 3.05) is 0 Å². The number of benzene rings is 3. The van der Waals surface area contributed by atoms with Gasteiger partial charge in [-0.3, -0.25) is 0 Å². The third-order valence-corrected chi connectivity index (χ3v) is 4.43. The van der Waals surface area contributed by atoms with Crippen LogP contribution in [0.25, 0.3) is 11.6 Å². The molecule has 0 spiro atoms. The number of aryl methyl sites for hydroxylation is 2. The Hall–Kier alpha value is -2.12. The first-order valence-electron chi connectivity index (χ1n) is 7.73. The van der Waals surface area contributed by atoms with E-state index in [2.05, 4.69) is 109 Å². The number of hydrogen-bond donors (Lipinski definition) is 0. The maximum absolute atomic E-state index is 3.52. The van der Waals surface area contributed by atoms with Crippen LogP contribution in [0, 0.1) is 13.8 Å². The molecule has 0 aliphatic heterocycles. The minimum Gasteiger partial charge on any atom is -0.0587 e. The highest BCUT2D eigenvalue weighted by atomic mass is 79.9. The monoisotopic (exact) mass is 362 g/mol. The molecule has 3 aromatic carbocycles. The van der Waals surface area contributed by atoms with Crippen LogP contribution in [-0.2, 0) is 0 Å². The first kappa shape index (κ1) is 15.8. The topological polar surface area (TPSA) is 0 Å². The molecule has 0 heterocycles. The standard InChI is InChI=1S/C22H19Br/c1-16-3-7-18(8-4-16)15-22(19-9-5-17(2)6-10-19)20-11-13-21(23)14-12-20/h3-15H,1-2H3. The largest absolute Gasteiger partial charge is 0.0587 e. The molecule has 0 N–H and O–H groups in total. The van der Waals surface area contributed by atoms with Gasteiger partial charge in [-0.05, 0) is 54.3 Å². The molecule has 0 bridgehead atoms. The van der Waals surface area contributed by atoms with Crippen molar-refractivity contribution >= 4 is 27.6 Å². The van der Waals surface area contributed by atoms with Gasteiger partial charge >= 0.3 is 0 Å². The minimum absolute atomic E-state index is 1.10. The zero-order valence-electron chi connectivity index (χ0n) is 13.4. The van der Waals surface area contributed by atoms with Crippen molar-refractivity contribution in [1.82, 2.24) is 0 Å². The van der Waals surface area contributed by atoms with Crippen molar-refractivity contribution in [3.8, 4) is 0 Å². The van der Waals surface area contributed by atoms with Crippen LogP contribution in [0.4, 0.5) is 0 Å². The van der Waals surface area contributed by atoms with Gasteiger partial charge in [0, 0.05) is 4.47 Å². The van der Waals surface area contributed by atoms with E-state index in [0.29, 0.717) is 0 Å². The molecule has 0 saturated carbocycles. The molecule has 114 valence electrons. The molecule has 0 aliphatic rings. The molecule has 0 nitrogen and oxygen atoms in total. The molecule has 0 amide bonds. The van der Waals surface area contributed by atoms with Gasteiger partial charge in [0.2, 0.25) is 0 Å². The van der Waals surface area contributed by atoms with E-state index in [1.807, 2.05) is 0 Å². The second-order valence-electron chi connectivity index (χ2n) is 5.84. The van der Waals surface area contributed by atoms with Crippen LogP contribution in [-0.4, -0.2) is 0 Å². The summed E-state index contributed by atoms with van der Waals surface area (Å²) in [5, 5.41) is 0. The van der Waals surface area contributed by atoms with E-state index in [4.69, 9.17) is 0 Å². The summed E-state index contributed by atoms with van der Waals surface area (Å²) in [5.74, 6) is 0. The van der Waals surface area contributed by atoms with E-state index < -0.39 is 0 Å². The Morgan fingerprint density at radius 3 is 1.61 bits per heavy atom. The predicted molar refractivity (Wildman–Crippen MR) is 103 cm³/mol. The Morgan fingerprint density at radius 2 is 1.09 bits per heavy atom. The fraction of sp³-hybridized carbons (Fsp3) is 0.0909. The van der Waals surface area contributed by atoms with E-state index in [1.54, 1.807) is 0 Å². The van der Waals surface area contributed by atoms with Gasteiger partial charge in [-0.25, -0.2) is 0 Å². The van der Waals surface area contributed by atoms with E-state index in [1.165, 1.54) is 33.4 Å². The summed E-state index contributed by atoms with van der Waals surface area (Å²) in [5.41, 5.74) is 7.47. The van der Waals surface area contributed by atoms with Gasteiger partial charge in [-0.2, -0.15) is 0 Å². The minimum atomic E-state index is 1.10. The van der Waals surface area contributed by atoms with Gasteiger partial charge < -0.3 is 0 Å². The molecular formula is C22H19Br. The van der Waals surface area contributed by atoms with Crippen molar-refractivity contribution in [1.29, 1.82) is 0 Å². The molecule has 0 aliphatic carbocycles. The molecular weight excluding hydrogens is 344 g/mol. The summed E-state index contributed by atoms with van der Waals surface area (Å²) in [6.45, 7) is 4.23. The third kappa shape index (κ3) is 4.00. The lowest BCUT2D eigenvalue weighted by atomic mass is 9.95. The van der Waals surface area contributed by atoms with Gasteiger partial charge in [0.05, 0.1) is 0 Å². The summed E-state index contributed by atoms with van der Waals surface area (Å²) < 4.78 is 1.10. The van der Waals surface area contributed by atoms with Crippen LogP contribution in [0.2, 0.25) is 0 Å². The summed E-state index contributed by atoms with van der Waals surface area (Å²) in [4.78, 5) is 0. The predicted octanol–water partition coefficient (Wildman–Crippen LogP) is 6.65. The van der Waals surface area contributed by atoms with Gasteiger partial charge in [-0.1, -0.05) is 87.7 Å². The van der Waals surface area contributed by atoms with Crippen molar-refractivity contribution in [3.05, 3.63) is 105 Å². The van der Waals surface area contributed by atoms with Crippen LogP contribution in [0.15, 0.2) is 77.3 Å². The van der Waals surface area contributed by atoms with E-state index in [-0.39, 0.29) is 0 Å². The Bertz CT molecular complexity index is 760. The maximum Gasteiger partial charge on any atom is 0.0175 e. The van der Waals surface area contributed by atoms with Crippen LogP contribution < -0.4 is 0 Å². The van der Waals surface area contributed by atoms with Crippen molar-refractivity contribution in [3.63, 3.8) is 0 Å². The van der Waals surface area contributed by atoms with Crippen molar-refractivity contribution in [2.24, 2.45) is 0 Å². The smallest absolute Gasteiger partial charge is 0.0175 e. The fourth-order valence-electron chi connectivity index (χ4n) is 2.53. The SMILES string of the molecule is Cc1ccc(C=C(c2ccc(C)cc2)c2ccc(Br)cc2)cc1. The molecule has 23 heavy (non-hydrogen) atoms. The van der Waals surface area contributed by atoms with E-state index in [0.717, 1.165) is 4.47 Å². The summed E-state index contributed by atoms with van der Waals surface area (Å²) in [7, 11) is 0. The lowest BCUT2D eigenvalue weighted by Crippen LogP contribution is -1.89. The van der Waals surface area contributed by atoms with Crippen LogP contribution >= 0.6 is 15.9 Å². The van der Waals surface area contributed by atoms with Gasteiger partial charge in [-0.15, -0.1) is 0 Å². The summed E-state index contributed by atoms with van der Waals surface area (Å²) in [6, 6.07) is 25.8. The van der Waals surface area contributed by atoms with Gasteiger partial charge in [0.15, 0.2) is 0 Å². The molecule has 3 aromatic rings. The Labute approximate surface area is 146 Å². The Balaban J connectivity index is 2.10. The fourth-order valence-corrected chi connectivity index (χ4v) is 2.79. The second kappa shape index (κ2) is 6.97. The lowest BCUT2D eigenvalue weighted by molar-refractivity contribution is 1.44. The first-order chi connectivity index (χ1) is 11.1. The zero-order valence-corrected chi connectivity index (χ0v) is 15.0. The molecule has 0 aromatic heterocycles. The van der Waals surface area contributed by atoms with Gasteiger partial charge in [0.25, 0.3) is 0 Å². The average Bonchev–Trinajstić information content (AvgIpc) is 2.56. The number of halogens is 1. The van der Waals surface area contributed by atoms with Crippen molar-refractivity contribution < 1.29 is 0 Å². The second-order valence-corrected chi connectivity index (χ2v) is 6.76. The lowest BCUT2D eigenvalue weighted by Gasteiger charge is -2.10. The Kier molecular flexibility index (Phi) is 4.78. The maximum atomic E-state index is 3.52. The van der Waals surface area contributed by atoms with Crippen molar-refractivity contribution in [2.45, 2.75) is 13.8 Å².